The van der Waals surface area contributed by atoms with E-state index in [1.165, 1.54) is 0 Å². The Morgan fingerprint density at radius 3 is 2.61 bits per heavy atom. The van der Waals surface area contributed by atoms with Crippen LogP contribution >= 0.6 is 11.3 Å². The summed E-state index contributed by atoms with van der Waals surface area (Å²) in [6.07, 6.45) is 0.322. The van der Waals surface area contributed by atoms with Gasteiger partial charge in [0.05, 0.1) is 12.1 Å². The van der Waals surface area contributed by atoms with Crippen LogP contribution in [0.3, 0.4) is 0 Å². The maximum absolute atomic E-state index is 12.1. The second-order valence-electron chi connectivity index (χ2n) is 6.22. The maximum Gasteiger partial charge on any atom is 0.231 e. The van der Waals surface area contributed by atoms with E-state index >= 15 is 0 Å². The summed E-state index contributed by atoms with van der Waals surface area (Å²) in [6.45, 7) is 7.49. The molecule has 1 aromatic carbocycles. The van der Waals surface area contributed by atoms with Gasteiger partial charge >= 0.3 is 0 Å². The zero-order valence-electron chi connectivity index (χ0n) is 14.2. The van der Waals surface area contributed by atoms with Crippen molar-refractivity contribution in [2.75, 3.05) is 12.4 Å². The number of carbonyl (C=O) groups is 1. The first-order chi connectivity index (χ1) is 11.0. The summed E-state index contributed by atoms with van der Waals surface area (Å²) in [7, 11) is 2.12. The van der Waals surface area contributed by atoms with Gasteiger partial charge in [-0.05, 0) is 32.0 Å². The molecule has 2 rings (SSSR count). The fourth-order valence-electron chi connectivity index (χ4n) is 2.28. The van der Waals surface area contributed by atoms with Gasteiger partial charge in [-0.15, -0.1) is 11.3 Å². The van der Waals surface area contributed by atoms with Gasteiger partial charge in [-0.2, -0.15) is 0 Å². The highest BCUT2D eigenvalue weighted by Crippen LogP contribution is 2.16. The Bertz CT molecular complexity index is 624. The molecular weight excluding hydrogens is 306 g/mol. The summed E-state index contributed by atoms with van der Waals surface area (Å²) in [5.41, 5.74) is 1.85. The van der Waals surface area contributed by atoms with E-state index in [4.69, 9.17) is 0 Å². The van der Waals surface area contributed by atoms with Crippen molar-refractivity contribution in [2.24, 2.45) is 5.92 Å². The number of aromatic nitrogens is 1. The van der Waals surface area contributed by atoms with E-state index in [-0.39, 0.29) is 5.91 Å². The number of hydrogen-bond acceptors (Lipinski definition) is 4. The highest BCUT2D eigenvalue weighted by molar-refractivity contribution is 7.09. The van der Waals surface area contributed by atoms with E-state index in [0.29, 0.717) is 18.4 Å². The number of anilines is 1. The molecule has 0 aliphatic heterocycles. The van der Waals surface area contributed by atoms with Gasteiger partial charge in [0, 0.05) is 23.7 Å². The van der Waals surface area contributed by atoms with E-state index in [9.17, 15) is 4.79 Å². The SMILES string of the molecule is CC(C)[C@@H](C)N(C)Cc1csc(CC(=O)Nc2ccccc2)n1. The molecule has 2 aromatic rings. The van der Waals surface area contributed by atoms with Crippen LogP contribution in [-0.2, 0) is 17.8 Å². The fraction of sp³-hybridized carbons (Fsp3) is 0.444. The smallest absolute Gasteiger partial charge is 0.231 e. The lowest BCUT2D eigenvalue weighted by Crippen LogP contribution is -2.32. The number of benzene rings is 1. The van der Waals surface area contributed by atoms with Crippen molar-refractivity contribution < 1.29 is 4.79 Å². The molecule has 0 aliphatic carbocycles. The summed E-state index contributed by atoms with van der Waals surface area (Å²) in [4.78, 5) is 18.9. The van der Waals surface area contributed by atoms with Gasteiger partial charge in [0.2, 0.25) is 5.91 Å². The van der Waals surface area contributed by atoms with Crippen molar-refractivity contribution in [1.29, 1.82) is 0 Å². The Kier molecular flexibility index (Phi) is 6.30. The van der Waals surface area contributed by atoms with Crippen LogP contribution in [0.25, 0.3) is 0 Å². The topological polar surface area (TPSA) is 45.2 Å². The molecule has 0 saturated carbocycles. The second-order valence-corrected chi connectivity index (χ2v) is 7.17. The first-order valence-electron chi connectivity index (χ1n) is 7.94. The van der Waals surface area contributed by atoms with Crippen LogP contribution in [0, 0.1) is 5.92 Å². The van der Waals surface area contributed by atoms with Crippen molar-refractivity contribution in [3.05, 3.63) is 46.4 Å². The summed E-state index contributed by atoms with van der Waals surface area (Å²) in [6, 6.07) is 10.0. The molecule has 0 spiro atoms. The monoisotopic (exact) mass is 331 g/mol. The van der Waals surface area contributed by atoms with E-state index in [1.807, 2.05) is 30.3 Å². The van der Waals surface area contributed by atoms with Gasteiger partial charge in [0.15, 0.2) is 0 Å². The van der Waals surface area contributed by atoms with Crippen LogP contribution in [0.15, 0.2) is 35.7 Å². The lowest BCUT2D eigenvalue weighted by Gasteiger charge is -2.26. The molecule has 4 nitrogen and oxygen atoms in total. The van der Waals surface area contributed by atoms with Crippen molar-refractivity contribution >= 4 is 22.9 Å². The molecule has 0 bridgehead atoms. The molecule has 1 aromatic heterocycles. The molecule has 0 saturated heterocycles. The molecule has 1 heterocycles. The fourth-order valence-corrected chi connectivity index (χ4v) is 3.06. The predicted octanol–water partition coefficient (Wildman–Crippen LogP) is 3.80. The number of carbonyl (C=O) groups excluding carboxylic acids is 1. The lowest BCUT2D eigenvalue weighted by molar-refractivity contribution is -0.115. The van der Waals surface area contributed by atoms with Gasteiger partial charge in [0.1, 0.15) is 5.01 Å². The molecule has 0 fully saturated rings. The summed E-state index contributed by atoms with van der Waals surface area (Å²) < 4.78 is 0. The minimum absolute atomic E-state index is 0.0268. The Hall–Kier alpha value is -1.72. The number of hydrogen-bond donors (Lipinski definition) is 1. The number of amides is 1. The molecular formula is C18H25N3OS. The van der Waals surface area contributed by atoms with Crippen LogP contribution in [-0.4, -0.2) is 28.9 Å². The maximum atomic E-state index is 12.1. The Balaban J connectivity index is 1.88. The largest absolute Gasteiger partial charge is 0.326 e. The zero-order valence-corrected chi connectivity index (χ0v) is 15.1. The normalized spacial score (nSPS) is 12.6. The molecule has 0 unspecified atom stereocenters. The number of nitrogens with zero attached hydrogens (tertiary/aromatic N) is 2. The third kappa shape index (κ3) is 5.44. The predicted molar refractivity (Wildman–Crippen MR) is 96.7 cm³/mol. The van der Waals surface area contributed by atoms with Gasteiger partial charge in [0.25, 0.3) is 0 Å². The molecule has 1 N–H and O–H groups in total. The van der Waals surface area contributed by atoms with Crippen molar-refractivity contribution in [3.63, 3.8) is 0 Å². The van der Waals surface area contributed by atoms with Crippen LogP contribution < -0.4 is 5.32 Å². The van der Waals surface area contributed by atoms with Gasteiger partial charge in [-0.1, -0.05) is 32.0 Å². The quantitative estimate of drug-likeness (QED) is 0.839. The average molecular weight is 331 g/mol. The molecule has 1 atom stereocenters. The van der Waals surface area contributed by atoms with Crippen LogP contribution in [0.1, 0.15) is 31.5 Å². The number of para-hydroxylation sites is 1. The average Bonchev–Trinajstić information content (AvgIpc) is 2.94. The van der Waals surface area contributed by atoms with Crippen LogP contribution in [0.5, 0.6) is 0 Å². The Morgan fingerprint density at radius 2 is 1.96 bits per heavy atom. The third-order valence-corrected chi connectivity index (χ3v) is 4.94. The van der Waals surface area contributed by atoms with E-state index in [0.717, 1.165) is 22.9 Å². The third-order valence-electron chi connectivity index (χ3n) is 4.04. The highest BCUT2D eigenvalue weighted by atomic mass is 32.1. The number of rotatable bonds is 7. The van der Waals surface area contributed by atoms with E-state index < -0.39 is 0 Å². The summed E-state index contributed by atoms with van der Waals surface area (Å²) >= 11 is 1.55. The first kappa shape index (κ1) is 17.6. The number of thiazole rings is 1. The Morgan fingerprint density at radius 1 is 1.26 bits per heavy atom. The molecule has 0 radical (unpaired) electrons. The summed E-state index contributed by atoms with van der Waals surface area (Å²) in [5.74, 6) is 0.579. The lowest BCUT2D eigenvalue weighted by atomic mass is 10.1. The minimum atomic E-state index is -0.0268. The number of nitrogens with one attached hydrogen (secondary N) is 1. The Labute approximate surface area is 142 Å². The van der Waals surface area contributed by atoms with Gasteiger partial charge in [-0.3, -0.25) is 9.69 Å². The minimum Gasteiger partial charge on any atom is -0.326 e. The van der Waals surface area contributed by atoms with E-state index in [2.05, 4.69) is 48.4 Å². The van der Waals surface area contributed by atoms with Crippen LogP contribution in [0.4, 0.5) is 5.69 Å². The zero-order chi connectivity index (χ0) is 16.8. The van der Waals surface area contributed by atoms with Crippen molar-refractivity contribution in [2.45, 2.75) is 39.8 Å². The van der Waals surface area contributed by atoms with Gasteiger partial charge < -0.3 is 5.32 Å². The highest BCUT2D eigenvalue weighted by Gasteiger charge is 2.15. The first-order valence-corrected chi connectivity index (χ1v) is 8.82. The van der Waals surface area contributed by atoms with Crippen molar-refractivity contribution in [3.8, 4) is 0 Å². The molecule has 124 valence electrons. The molecule has 1 amide bonds. The second kappa shape index (κ2) is 8.22. The van der Waals surface area contributed by atoms with Crippen molar-refractivity contribution in [1.82, 2.24) is 9.88 Å². The standard InChI is InChI=1S/C18H25N3OS/c1-13(2)14(3)21(4)11-16-12-23-18(20-16)10-17(22)19-15-8-6-5-7-9-15/h5-9,12-14H,10-11H2,1-4H3,(H,19,22)/t14-/m1/s1. The van der Waals surface area contributed by atoms with Crippen LogP contribution in [0.2, 0.25) is 0 Å². The molecule has 0 aliphatic rings. The summed E-state index contributed by atoms with van der Waals surface area (Å²) in [5, 5.41) is 5.80. The van der Waals surface area contributed by atoms with E-state index in [1.54, 1.807) is 11.3 Å². The molecule has 23 heavy (non-hydrogen) atoms. The van der Waals surface area contributed by atoms with Gasteiger partial charge in [-0.25, -0.2) is 4.98 Å². The molecule has 5 heteroatoms.